The minimum Gasteiger partial charge on any atom is -0.493 e. The summed E-state index contributed by atoms with van der Waals surface area (Å²) in [5.41, 5.74) is 3.27. The van der Waals surface area contributed by atoms with Gasteiger partial charge in [0.25, 0.3) is 0 Å². The predicted molar refractivity (Wildman–Crippen MR) is 102 cm³/mol. The molecular weight excluding hydrogens is 344 g/mol. The van der Waals surface area contributed by atoms with E-state index in [1.165, 1.54) is 11.1 Å². The van der Waals surface area contributed by atoms with Gasteiger partial charge in [0.2, 0.25) is 0 Å². The average molecular weight is 368 g/mol. The number of hydrogen-bond donors (Lipinski definition) is 1. The first-order chi connectivity index (χ1) is 13.2. The lowest BCUT2D eigenvalue weighted by Gasteiger charge is -2.51. The van der Waals surface area contributed by atoms with E-state index in [0.717, 1.165) is 36.7 Å². The highest BCUT2D eigenvalue weighted by atomic mass is 16.5. The molecule has 2 aromatic carbocycles. The first-order valence-corrected chi connectivity index (χ1v) is 9.17. The quantitative estimate of drug-likeness (QED) is 0.876. The van der Waals surface area contributed by atoms with Gasteiger partial charge in [-0.1, -0.05) is 18.2 Å². The monoisotopic (exact) mass is 368 g/mol. The summed E-state index contributed by atoms with van der Waals surface area (Å²) in [5, 5.41) is 2.76. The van der Waals surface area contributed by atoms with Crippen molar-refractivity contribution < 1.29 is 19.0 Å². The van der Waals surface area contributed by atoms with Crippen molar-refractivity contribution in [3.8, 4) is 11.5 Å². The molecule has 0 spiro atoms. The van der Waals surface area contributed by atoms with Crippen LogP contribution in [0.3, 0.4) is 0 Å². The predicted octanol–water partition coefficient (Wildman–Crippen LogP) is 3.48. The van der Waals surface area contributed by atoms with Gasteiger partial charge in [0.15, 0.2) is 11.5 Å². The molecule has 2 heterocycles. The molecule has 0 bridgehead atoms. The van der Waals surface area contributed by atoms with Crippen molar-refractivity contribution in [1.82, 2.24) is 4.90 Å². The summed E-state index contributed by atoms with van der Waals surface area (Å²) < 4.78 is 16.4. The SMILES string of the molecule is COc1cc2c(cc1OC)[C@H]1C(COC(=O)Nc3ccccc3)CN1CC2. The van der Waals surface area contributed by atoms with E-state index >= 15 is 0 Å². The van der Waals surface area contributed by atoms with Crippen LogP contribution in [0.2, 0.25) is 0 Å². The van der Waals surface area contributed by atoms with Gasteiger partial charge in [0.1, 0.15) is 0 Å². The number of carbonyl (C=O) groups is 1. The lowest BCUT2D eigenvalue weighted by Crippen LogP contribution is -2.54. The summed E-state index contributed by atoms with van der Waals surface area (Å²) in [6.07, 6.45) is 0.580. The third-order valence-electron chi connectivity index (χ3n) is 5.39. The van der Waals surface area contributed by atoms with Crippen molar-refractivity contribution in [3.63, 3.8) is 0 Å². The lowest BCUT2D eigenvalue weighted by molar-refractivity contribution is -0.0275. The van der Waals surface area contributed by atoms with Gasteiger partial charge in [0.05, 0.1) is 20.8 Å². The fraction of sp³-hybridized carbons (Fsp3) is 0.381. The van der Waals surface area contributed by atoms with E-state index < -0.39 is 6.09 Å². The van der Waals surface area contributed by atoms with E-state index in [9.17, 15) is 4.79 Å². The zero-order chi connectivity index (χ0) is 18.8. The zero-order valence-electron chi connectivity index (χ0n) is 15.6. The Morgan fingerprint density at radius 3 is 2.63 bits per heavy atom. The minimum absolute atomic E-state index is 0.262. The maximum atomic E-state index is 12.1. The normalized spacial score (nSPS) is 20.7. The second-order valence-electron chi connectivity index (χ2n) is 6.95. The van der Waals surface area contributed by atoms with Gasteiger partial charge in [-0.25, -0.2) is 4.79 Å². The molecule has 1 fully saturated rings. The highest BCUT2D eigenvalue weighted by Gasteiger charge is 2.44. The Kier molecular flexibility index (Phi) is 4.90. The van der Waals surface area contributed by atoms with Crippen molar-refractivity contribution in [2.45, 2.75) is 12.5 Å². The Labute approximate surface area is 159 Å². The number of rotatable bonds is 5. The number of hydrogen-bond acceptors (Lipinski definition) is 5. The molecule has 1 amide bonds. The van der Waals surface area contributed by atoms with Crippen molar-refractivity contribution >= 4 is 11.8 Å². The van der Waals surface area contributed by atoms with Crippen LogP contribution in [0.25, 0.3) is 0 Å². The van der Waals surface area contributed by atoms with Crippen LogP contribution in [-0.2, 0) is 11.2 Å². The van der Waals surface area contributed by atoms with Gasteiger partial charge in [-0.15, -0.1) is 0 Å². The molecular formula is C21H24N2O4. The van der Waals surface area contributed by atoms with E-state index in [1.807, 2.05) is 30.3 Å². The number of methoxy groups -OCH3 is 2. The molecule has 1 N–H and O–H groups in total. The third-order valence-corrected chi connectivity index (χ3v) is 5.39. The number of ether oxygens (including phenoxy) is 3. The van der Waals surface area contributed by atoms with Crippen molar-refractivity contribution in [3.05, 3.63) is 53.6 Å². The van der Waals surface area contributed by atoms with Crippen LogP contribution < -0.4 is 14.8 Å². The van der Waals surface area contributed by atoms with Crippen LogP contribution in [0.15, 0.2) is 42.5 Å². The molecule has 2 aliphatic heterocycles. The molecule has 2 aromatic rings. The van der Waals surface area contributed by atoms with Gasteiger partial charge in [-0.2, -0.15) is 0 Å². The Morgan fingerprint density at radius 2 is 1.89 bits per heavy atom. The number of amides is 1. The van der Waals surface area contributed by atoms with E-state index in [4.69, 9.17) is 14.2 Å². The number of fused-ring (bicyclic) bond motifs is 3. The maximum absolute atomic E-state index is 12.1. The van der Waals surface area contributed by atoms with Gasteiger partial charge < -0.3 is 14.2 Å². The highest BCUT2D eigenvalue weighted by molar-refractivity contribution is 5.84. The lowest BCUT2D eigenvalue weighted by atomic mass is 9.78. The number of anilines is 1. The summed E-state index contributed by atoms with van der Waals surface area (Å²) in [7, 11) is 3.31. The van der Waals surface area contributed by atoms with Crippen molar-refractivity contribution in [1.29, 1.82) is 0 Å². The van der Waals surface area contributed by atoms with Crippen LogP contribution in [0.5, 0.6) is 11.5 Å². The highest BCUT2D eigenvalue weighted by Crippen LogP contribution is 2.46. The fourth-order valence-electron chi connectivity index (χ4n) is 4.05. The largest absolute Gasteiger partial charge is 0.493 e. The number of nitrogens with zero attached hydrogens (tertiary/aromatic N) is 1. The van der Waals surface area contributed by atoms with Crippen molar-refractivity contribution in [2.75, 3.05) is 39.2 Å². The molecule has 1 unspecified atom stereocenters. The number of nitrogens with one attached hydrogen (secondary N) is 1. The summed E-state index contributed by atoms with van der Waals surface area (Å²) in [6, 6.07) is 13.7. The summed E-state index contributed by atoms with van der Waals surface area (Å²) in [5.74, 6) is 1.79. The average Bonchev–Trinajstić information content (AvgIpc) is 2.67. The fourth-order valence-corrected chi connectivity index (χ4v) is 4.05. The van der Waals surface area contributed by atoms with Gasteiger partial charge in [-0.3, -0.25) is 10.2 Å². The molecule has 2 atom stereocenters. The van der Waals surface area contributed by atoms with Crippen LogP contribution in [0, 0.1) is 5.92 Å². The van der Waals surface area contributed by atoms with Gasteiger partial charge in [-0.05, 0) is 41.8 Å². The molecule has 27 heavy (non-hydrogen) atoms. The van der Waals surface area contributed by atoms with E-state index in [2.05, 4.69) is 22.3 Å². The molecule has 6 nitrogen and oxygen atoms in total. The topological polar surface area (TPSA) is 60.0 Å². The molecule has 1 saturated heterocycles. The Hall–Kier alpha value is -2.73. The second kappa shape index (κ2) is 7.48. The third kappa shape index (κ3) is 3.45. The van der Waals surface area contributed by atoms with Crippen molar-refractivity contribution in [2.24, 2.45) is 5.92 Å². The van der Waals surface area contributed by atoms with Crippen LogP contribution >= 0.6 is 0 Å². The molecule has 2 aliphatic rings. The Balaban J connectivity index is 1.42. The minimum atomic E-state index is -0.414. The van der Waals surface area contributed by atoms with E-state index in [-0.39, 0.29) is 12.0 Å². The van der Waals surface area contributed by atoms with Gasteiger partial charge in [0, 0.05) is 30.7 Å². The van der Waals surface area contributed by atoms with E-state index in [1.54, 1.807) is 14.2 Å². The maximum Gasteiger partial charge on any atom is 0.411 e. The molecule has 6 heteroatoms. The molecule has 4 rings (SSSR count). The van der Waals surface area contributed by atoms with Gasteiger partial charge >= 0.3 is 6.09 Å². The second-order valence-corrected chi connectivity index (χ2v) is 6.95. The zero-order valence-corrected chi connectivity index (χ0v) is 15.6. The smallest absolute Gasteiger partial charge is 0.411 e. The van der Waals surface area contributed by atoms with Crippen LogP contribution in [-0.4, -0.2) is 44.9 Å². The first kappa shape index (κ1) is 17.7. The molecule has 142 valence electrons. The van der Waals surface area contributed by atoms with Crippen LogP contribution in [0.4, 0.5) is 10.5 Å². The molecule has 0 aliphatic carbocycles. The molecule has 0 saturated carbocycles. The Bertz CT molecular complexity index is 824. The Morgan fingerprint density at radius 1 is 1.15 bits per heavy atom. The first-order valence-electron chi connectivity index (χ1n) is 9.17. The number of para-hydroxylation sites is 1. The number of carbonyl (C=O) groups excluding carboxylic acids is 1. The molecule has 0 aromatic heterocycles. The molecule has 0 radical (unpaired) electrons. The van der Waals surface area contributed by atoms with Crippen LogP contribution in [0.1, 0.15) is 17.2 Å². The number of benzene rings is 2. The summed E-state index contributed by atoms with van der Waals surface area (Å²) >= 11 is 0. The van der Waals surface area contributed by atoms with E-state index in [0.29, 0.717) is 6.61 Å². The standard InChI is InChI=1S/C21H24N2O4/c1-25-18-10-14-8-9-23-12-15(20(23)17(14)11-19(18)26-2)13-27-21(24)22-16-6-4-3-5-7-16/h3-7,10-11,15,20H,8-9,12-13H2,1-2H3,(H,22,24)/t15?,20-/m1/s1. The summed E-state index contributed by atoms with van der Waals surface area (Å²) in [4.78, 5) is 14.5. The summed E-state index contributed by atoms with van der Waals surface area (Å²) in [6.45, 7) is 2.35.